The van der Waals surface area contributed by atoms with Gasteiger partial charge in [-0.2, -0.15) is 0 Å². The van der Waals surface area contributed by atoms with Crippen molar-refractivity contribution in [3.8, 4) is 0 Å². The van der Waals surface area contributed by atoms with Crippen LogP contribution in [0, 0.1) is 0 Å². The van der Waals surface area contributed by atoms with Gasteiger partial charge in [0.15, 0.2) is 0 Å². The van der Waals surface area contributed by atoms with Crippen LogP contribution in [-0.4, -0.2) is 61.3 Å². The molecule has 0 spiro atoms. The first kappa shape index (κ1) is 32.5. The van der Waals surface area contributed by atoms with Crippen molar-refractivity contribution >= 4 is 0 Å². The molecule has 2 nitrogen and oxygen atoms in total. The van der Waals surface area contributed by atoms with Gasteiger partial charge >= 0.3 is 0 Å². The van der Waals surface area contributed by atoms with Gasteiger partial charge in [0.25, 0.3) is 0 Å². The standard InChI is InChI=1S/C24H42N2.2HI/c1-7-17-25(18-8-2,19-9-3)23-15-13-14-16-24-26(20-10-4,21-11-5)22-12-6;;/h7-12H,1-6,13-24H2;2*1H/q+2;;/p-2. The molecule has 0 unspecified atom stereocenters. The Hall–Kier alpha value is -0.180. The van der Waals surface area contributed by atoms with Crippen LogP contribution in [0.3, 0.4) is 0 Å². The van der Waals surface area contributed by atoms with E-state index in [1.807, 2.05) is 36.5 Å². The number of quaternary nitrogens is 2. The van der Waals surface area contributed by atoms with Gasteiger partial charge in [-0.1, -0.05) is 39.5 Å². The summed E-state index contributed by atoms with van der Waals surface area (Å²) >= 11 is 0. The maximum atomic E-state index is 3.94. The molecule has 0 aromatic heterocycles. The summed E-state index contributed by atoms with van der Waals surface area (Å²) in [6.45, 7) is 31.8. The second-order valence-corrected chi connectivity index (χ2v) is 7.37. The number of hydrogen-bond acceptors (Lipinski definition) is 0. The molecule has 0 saturated carbocycles. The summed E-state index contributed by atoms with van der Waals surface area (Å²) in [6, 6.07) is 0. The fraction of sp³-hybridized carbons (Fsp3) is 0.500. The Morgan fingerprint density at radius 1 is 0.393 bits per heavy atom. The molecule has 0 atom stereocenters. The van der Waals surface area contributed by atoms with E-state index in [4.69, 9.17) is 0 Å². The molecular weight excluding hydrogens is 570 g/mol. The highest BCUT2D eigenvalue weighted by atomic mass is 127. The lowest BCUT2D eigenvalue weighted by atomic mass is 10.1. The zero-order chi connectivity index (χ0) is 19.7. The highest BCUT2D eigenvalue weighted by molar-refractivity contribution is 4.77. The van der Waals surface area contributed by atoms with Crippen molar-refractivity contribution in [1.29, 1.82) is 0 Å². The van der Waals surface area contributed by atoms with E-state index >= 15 is 0 Å². The first-order valence-electron chi connectivity index (χ1n) is 9.93. The van der Waals surface area contributed by atoms with Gasteiger partial charge in [-0.15, -0.1) is 0 Å². The molecule has 0 bridgehead atoms. The Balaban J connectivity index is -0.00000312. The van der Waals surface area contributed by atoms with E-state index in [2.05, 4.69) is 39.5 Å². The van der Waals surface area contributed by atoms with Crippen LogP contribution >= 0.6 is 0 Å². The third kappa shape index (κ3) is 13.1. The Morgan fingerprint density at radius 2 is 0.607 bits per heavy atom. The van der Waals surface area contributed by atoms with Crippen LogP contribution < -0.4 is 48.0 Å². The molecule has 0 aliphatic carbocycles. The number of halogens is 2. The van der Waals surface area contributed by atoms with Gasteiger partial charge in [-0.05, 0) is 62.1 Å². The molecule has 0 amide bonds. The lowest BCUT2D eigenvalue weighted by Crippen LogP contribution is -3.00. The van der Waals surface area contributed by atoms with E-state index < -0.39 is 0 Å². The summed E-state index contributed by atoms with van der Waals surface area (Å²) in [5.74, 6) is 0. The number of hydrogen-bond donors (Lipinski definition) is 0. The third-order valence-electron chi connectivity index (χ3n) is 5.11. The maximum absolute atomic E-state index is 3.94. The Morgan fingerprint density at radius 3 is 0.786 bits per heavy atom. The average molecular weight is 612 g/mol. The largest absolute Gasteiger partial charge is 1.00 e. The predicted octanol–water partition coefficient (Wildman–Crippen LogP) is -0.696. The van der Waals surface area contributed by atoms with Crippen LogP contribution in [0.4, 0.5) is 0 Å². The molecule has 0 radical (unpaired) electrons. The summed E-state index contributed by atoms with van der Waals surface area (Å²) in [5, 5.41) is 0. The second-order valence-electron chi connectivity index (χ2n) is 7.37. The molecule has 0 aliphatic heterocycles. The predicted molar refractivity (Wildman–Crippen MR) is 119 cm³/mol. The minimum atomic E-state index is 0. The highest BCUT2D eigenvalue weighted by Crippen LogP contribution is 2.15. The fourth-order valence-corrected chi connectivity index (χ4v) is 3.89. The molecular formula is C24H42I2N2. The van der Waals surface area contributed by atoms with E-state index in [1.54, 1.807) is 0 Å². The van der Waals surface area contributed by atoms with E-state index in [0.29, 0.717) is 0 Å². The zero-order valence-corrected chi connectivity index (χ0v) is 22.2. The van der Waals surface area contributed by atoms with Crippen LogP contribution in [-0.2, 0) is 0 Å². The minimum Gasteiger partial charge on any atom is -1.00 e. The van der Waals surface area contributed by atoms with Gasteiger partial charge in [-0.25, -0.2) is 0 Å². The van der Waals surface area contributed by atoms with Gasteiger partial charge in [0.05, 0.1) is 52.4 Å². The molecule has 162 valence electrons. The normalized spacial score (nSPS) is 10.7. The molecule has 0 heterocycles. The van der Waals surface area contributed by atoms with Crippen molar-refractivity contribution in [3.63, 3.8) is 0 Å². The second kappa shape index (κ2) is 20.1. The van der Waals surface area contributed by atoms with E-state index in [-0.39, 0.29) is 48.0 Å². The number of nitrogens with zero attached hydrogens (tertiary/aromatic N) is 2. The Bertz CT molecular complexity index is 362. The van der Waals surface area contributed by atoms with Crippen LogP contribution in [0.5, 0.6) is 0 Å². The fourth-order valence-electron chi connectivity index (χ4n) is 3.89. The summed E-state index contributed by atoms with van der Waals surface area (Å²) in [5.41, 5.74) is 0. The molecule has 0 aromatic rings. The lowest BCUT2D eigenvalue weighted by molar-refractivity contribution is -0.912. The summed E-state index contributed by atoms with van der Waals surface area (Å²) in [6.07, 6.45) is 17.2. The lowest BCUT2D eigenvalue weighted by Gasteiger charge is -2.37. The summed E-state index contributed by atoms with van der Waals surface area (Å²) in [7, 11) is 0. The Labute approximate surface area is 209 Å². The molecule has 0 N–H and O–H groups in total. The Kier molecular flexibility index (Phi) is 23.3. The highest BCUT2D eigenvalue weighted by Gasteiger charge is 2.23. The van der Waals surface area contributed by atoms with Gasteiger partial charge in [-0.3, -0.25) is 0 Å². The average Bonchev–Trinajstić information content (AvgIpc) is 2.59. The minimum absolute atomic E-state index is 0. The molecule has 28 heavy (non-hydrogen) atoms. The molecule has 0 aliphatic rings. The van der Waals surface area contributed by atoms with Crippen molar-refractivity contribution in [3.05, 3.63) is 75.9 Å². The van der Waals surface area contributed by atoms with Crippen molar-refractivity contribution in [2.75, 3.05) is 52.4 Å². The molecule has 0 saturated heterocycles. The van der Waals surface area contributed by atoms with E-state index in [1.165, 1.54) is 25.7 Å². The summed E-state index contributed by atoms with van der Waals surface area (Å²) in [4.78, 5) is 0. The van der Waals surface area contributed by atoms with Gasteiger partial charge in [0, 0.05) is 0 Å². The quantitative estimate of drug-likeness (QED) is 0.0785. The smallest absolute Gasteiger partial charge is 0.0975 e. The third-order valence-corrected chi connectivity index (χ3v) is 5.11. The maximum Gasteiger partial charge on any atom is 0.0975 e. The van der Waals surface area contributed by atoms with E-state index in [0.717, 1.165) is 61.3 Å². The molecule has 0 fully saturated rings. The van der Waals surface area contributed by atoms with Crippen LogP contribution in [0.1, 0.15) is 25.7 Å². The van der Waals surface area contributed by atoms with Gasteiger partial charge < -0.3 is 56.9 Å². The van der Waals surface area contributed by atoms with Crippen LogP contribution in [0.2, 0.25) is 0 Å². The summed E-state index contributed by atoms with van der Waals surface area (Å²) < 4.78 is 2.00. The van der Waals surface area contributed by atoms with Crippen LogP contribution in [0.15, 0.2) is 75.9 Å². The molecule has 0 aromatic carbocycles. The van der Waals surface area contributed by atoms with Gasteiger partial charge in [0.2, 0.25) is 0 Å². The van der Waals surface area contributed by atoms with Crippen molar-refractivity contribution < 1.29 is 56.9 Å². The monoisotopic (exact) mass is 612 g/mol. The number of rotatable bonds is 19. The molecule has 4 heteroatoms. The van der Waals surface area contributed by atoms with E-state index in [9.17, 15) is 0 Å². The van der Waals surface area contributed by atoms with Crippen LogP contribution in [0.25, 0.3) is 0 Å². The van der Waals surface area contributed by atoms with Crippen molar-refractivity contribution in [1.82, 2.24) is 0 Å². The van der Waals surface area contributed by atoms with Gasteiger partial charge in [0.1, 0.15) is 0 Å². The number of unbranched alkanes of at least 4 members (excludes halogenated alkanes) is 3. The zero-order valence-electron chi connectivity index (χ0n) is 17.8. The SMILES string of the molecule is C=CC[N+](CC=C)(CC=C)CCCCCC[N+](CC=C)(CC=C)CC=C.[I-].[I-]. The van der Waals surface area contributed by atoms with Crippen molar-refractivity contribution in [2.24, 2.45) is 0 Å². The van der Waals surface area contributed by atoms with Crippen molar-refractivity contribution in [2.45, 2.75) is 25.7 Å². The molecule has 0 rings (SSSR count). The topological polar surface area (TPSA) is 0 Å². The first-order chi connectivity index (χ1) is 12.6. The first-order valence-corrected chi connectivity index (χ1v) is 9.93.